The van der Waals surface area contributed by atoms with Crippen molar-refractivity contribution in [3.05, 3.63) is 28.7 Å². The summed E-state index contributed by atoms with van der Waals surface area (Å²) in [6, 6.07) is 6.98. The Morgan fingerprint density at radius 2 is 2.00 bits per heavy atom. The minimum atomic E-state index is -1.09. The fourth-order valence-electron chi connectivity index (χ4n) is 2.35. The van der Waals surface area contributed by atoms with E-state index in [2.05, 4.69) is 26.2 Å². The highest BCUT2D eigenvalue weighted by Crippen LogP contribution is 2.40. The Labute approximate surface area is 122 Å². The summed E-state index contributed by atoms with van der Waals surface area (Å²) >= 11 is 9.17. The Morgan fingerprint density at radius 1 is 1.32 bits per heavy atom. The second kappa shape index (κ2) is 4.38. The van der Waals surface area contributed by atoms with Crippen molar-refractivity contribution in [3.63, 3.8) is 0 Å². The molecule has 0 aliphatic carbocycles. The van der Waals surface area contributed by atoms with Crippen molar-refractivity contribution in [1.82, 2.24) is 0 Å². The van der Waals surface area contributed by atoms with Gasteiger partial charge in [0.2, 0.25) is 5.91 Å². The molecule has 0 N–H and O–H groups in total. The Kier molecular flexibility index (Phi) is 2.94. The molecule has 1 aromatic rings. The number of carbonyl (C=O) groups is 2. The fraction of sp³-hybridized carbons (Fsp3) is 0.333. The summed E-state index contributed by atoms with van der Waals surface area (Å²) in [4.78, 5) is 25.7. The predicted octanol–water partition coefficient (Wildman–Crippen LogP) is 2.87. The number of imide groups is 1. The molecule has 19 heavy (non-hydrogen) atoms. The highest BCUT2D eigenvalue weighted by atomic mass is 79.9. The number of hydrogen-bond acceptors (Lipinski definition) is 4. The van der Waals surface area contributed by atoms with Gasteiger partial charge in [-0.2, -0.15) is 10.2 Å². The molecule has 2 atom stereocenters. The lowest BCUT2D eigenvalue weighted by atomic mass is 9.95. The zero-order valence-electron chi connectivity index (χ0n) is 9.72. The van der Waals surface area contributed by atoms with Crippen LogP contribution in [0.1, 0.15) is 12.8 Å². The number of azo groups is 1. The van der Waals surface area contributed by atoms with Crippen LogP contribution >= 0.6 is 27.5 Å². The third kappa shape index (κ3) is 1.99. The molecule has 1 spiro atoms. The van der Waals surface area contributed by atoms with Crippen LogP contribution in [0.2, 0.25) is 0 Å². The first-order valence-corrected chi connectivity index (χ1v) is 6.94. The molecule has 7 heteroatoms. The summed E-state index contributed by atoms with van der Waals surface area (Å²) in [7, 11) is 0. The van der Waals surface area contributed by atoms with Crippen LogP contribution in [0.4, 0.5) is 5.69 Å². The van der Waals surface area contributed by atoms with Crippen molar-refractivity contribution < 1.29 is 9.59 Å². The number of halogens is 2. The molecule has 1 fully saturated rings. The maximum absolute atomic E-state index is 12.5. The highest BCUT2D eigenvalue weighted by molar-refractivity contribution is 9.10. The van der Waals surface area contributed by atoms with E-state index in [0.29, 0.717) is 5.69 Å². The standard InChI is InChI=1S/C12H9BrClN3O2/c13-7-1-3-8(4-2-7)17-10(18)6-12(11(17)19)5-9(14)15-16-12/h1-4,9H,5-6H2/t9-,12+/m1/s1. The van der Waals surface area contributed by atoms with E-state index in [9.17, 15) is 9.59 Å². The van der Waals surface area contributed by atoms with Crippen molar-refractivity contribution in [2.24, 2.45) is 10.2 Å². The Bertz CT molecular complexity index is 589. The van der Waals surface area contributed by atoms with Crippen molar-refractivity contribution in [2.45, 2.75) is 23.9 Å². The van der Waals surface area contributed by atoms with Crippen LogP contribution < -0.4 is 4.90 Å². The van der Waals surface area contributed by atoms with E-state index >= 15 is 0 Å². The third-order valence-corrected chi connectivity index (χ3v) is 4.03. The van der Waals surface area contributed by atoms with Crippen LogP contribution in [0, 0.1) is 0 Å². The zero-order valence-corrected chi connectivity index (χ0v) is 12.1. The maximum Gasteiger partial charge on any atom is 0.264 e. The smallest absolute Gasteiger partial charge is 0.264 e. The molecule has 3 rings (SSSR count). The highest BCUT2D eigenvalue weighted by Gasteiger charge is 2.55. The Morgan fingerprint density at radius 3 is 2.58 bits per heavy atom. The minimum absolute atomic E-state index is 0.0363. The monoisotopic (exact) mass is 341 g/mol. The van der Waals surface area contributed by atoms with Crippen LogP contribution in [0.3, 0.4) is 0 Å². The minimum Gasteiger partial charge on any atom is -0.274 e. The molecule has 2 amide bonds. The van der Waals surface area contributed by atoms with Gasteiger partial charge in [-0.3, -0.25) is 9.59 Å². The van der Waals surface area contributed by atoms with Gasteiger partial charge >= 0.3 is 0 Å². The number of rotatable bonds is 1. The molecule has 0 unspecified atom stereocenters. The first-order chi connectivity index (χ1) is 9.02. The number of alkyl halides is 1. The Balaban J connectivity index is 1.96. The predicted molar refractivity (Wildman–Crippen MR) is 73.1 cm³/mol. The summed E-state index contributed by atoms with van der Waals surface area (Å²) in [6.45, 7) is 0. The van der Waals surface area contributed by atoms with Crippen LogP contribution in [0.25, 0.3) is 0 Å². The molecule has 5 nitrogen and oxygen atoms in total. The van der Waals surface area contributed by atoms with Gasteiger partial charge in [0.15, 0.2) is 5.54 Å². The van der Waals surface area contributed by atoms with Gasteiger partial charge in [0, 0.05) is 10.9 Å². The molecule has 0 bridgehead atoms. The van der Waals surface area contributed by atoms with E-state index < -0.39 is 11.0 Å². The number of anilines is 1. The SMILES string of the molecule is O=C1C[C@@]2(C[C@H](Cl)N=N2)C(=O)N1c1ccc(Br)cc1. The van der Waals surface area contributed by atoms with E-state index in [1.54, 1.807) is 24.3 Å². The molecular weight excluding hydrogens is 334 g/mol. The molecule has 1 aromatic carbocycles. The summed E-state index contributed by atoms with van der Waals surface area (Å²) in [5.74, 6) is -0.608. The molecule has 2 aliphatic rings. The van der Waals surface area contributed by atoms with Crippen molar-refractivity contribution in [2.75, 3.05) is 4.90 Å². The number of amides is 2. The van der Waals surface area contributed by atoms with E-state index in [0.717, 1.165) is 4.47 Å². The number of carbonyl (C=O) groups excluding carboxylic acids is 2. The average Bonchev–Trinajstić information content (AvgIpc) is 2.84. The first-order valence-electron chi connectivity index (χ1n) is 5.71. The first kappa shape index (κ1) is 12.7. The summed E-state index contributed by atoms with van der Waals surface area (Å²) in [6.07, 6.45) is 0.320. The van der Waals surface area contributed by atoms with Crippen molar-refractivity contribution in [3.8, 4) is 0 Å². The molecule has 2 heterocycles. The van der Waals surface area contributed by atoms with Gasteiger partial charge < -0.3 is 0 Å². The average molecular weight is 343 g/mol. The molecule has 0 aromatic heterocycles. The second-order valence-corrected chi connectivity index (χ2v) is 5.99. The quantitative estimate of drug-likeness (QED) is 0.447. The second-order valence-electron chi connectivity index (χ2n) is 4.57. The molecule has 0 saturated carbocycles. The molecule has 1 saturated heterocycles. The fourth-order valence-corrected chi connectivity index (χ4v) is 2.91. The lowest BCUT2D eigenvalue weighted by Crippen LogP contribution is -2.38. The Hall–Kier alpha value is -1.27. The van der Waals surface area contributed by atoms with Crippen LogP contribution in [0.15, 0.2) is 39.0 Å². The molecule has 0 radical (unpaired) electrons. The topological polar surface area (TPSA) is 62.1 Å². The summed E-state index contributed by atoms with van der Waals surface area (Å²) in [5.41, 5.74) is -1.07. The normalized spacial score (nSPS) is 29.8. The van der Waals surface area contributed by atoms with Gasteiger partial charge in [-0.25, -0.2) is 4.90 Å². The number of benzene rings is 1. The van der Waals surface area contributed by atoms with Crippen LogP contribution in [-0.2, 0) is 9.59 Å². The number of nitrogens with zero attached hydrogens (tertiary/aromatic N) is 3. The molecular formula is C12H9BrClN3O2. The van der Waals surface area contributed by atoms with Gasteiger partial charge in [-0.15, -0.1) is 0 Å². The molecule has 2 aliphatic heterocycles. The van der Waals surface area contributed by atoms with Crippen molar-refractivity contribution >= 4 is 45.0 Å². The van der Waals surface area contributed by atoms with Crippen molar-refractivity contribution in [1.29, 1.82) is 0 Å². The van der Waals surface area contributed by atoms with Gasteiger partial charge in [0.1, 0.15) is 5.50 Å². The zero-order chi connectivity index (χ0) is 13.6. The third-order valence-electron chi connectivity index (χ3n) is 3.26. The lowest BCUT2D eigenvalue weighted by molar-refractivity contribution is -0.122. The van der Waals surface area contributed by atoms with Crippen LogP contribution in [0.5, 0.6) is 0 Å². The molecule has 98 valence electrons. The van der Waals surface area contributed by atoms with E-state index in [1.165, 1.54) is 4.90 Å². The summed E-state index contributed by atoms with van der Waals surface area (Å²) < 4.78 is 0.881. The largest absolute Gasteiger partial charge is 0.274 e. The van der Waals surface area contributed by atoms with Crippen LogP contribution in [-0.4, -0.2) is 22.9 Å². The van der Waals surface area contributed by atoms with E-state index in [1.807, 2.05) is 0 Å². The van der Waals surface area contributed by atoms with E-state index in [4.69, 9.17) is 11.6 Å². The summed E-state index contributed by atoms with van der Waals surface area (Å²) in [5, 5.41) is 7.73. The van der Waals surface area contributed by atoms with Gasteiger partial charge in [-0.05, 0) is 24.3 Å². The van der Waals surface area contributed by atoms with Gasteiger partial charge in [-0.1, -0.05) is 27.5 Å². The lowest BCUT2D eigenvalue weighted by Gasteiger charge is -2.17. The van der Waals surface area contributed by atoms with Gasteiger partial charge in [0.25, 0.3) is 5.91 Å². The van der Waals surface area contributed by atoms with Gasteiger partial charge in [0.05, 0.1) is 12.1 Å². The maximum atomic E-state index is 12.5. The number of hydrogen-bond donors (Lipinski definition) is 0. The van der Waals surface area contributed by atoms with E-state index in [-0.39, 0.29) is 24.7 Å².